The Labute approximate surface area is 508 Å². The normalized spacial score (nSPS) is 13.1. The number of aliphatic hydroxyl groups is 1. The number of unbranched alkanes of at least 4 members (excludes halogenated alkanes) is 33. The molecule has 5 heteroatoms. The van der Waals surface area contributed by atoms with Gasteiger partial charge in [0, 0.05) is 12.8 Å². The average Bonchev–Trinajstić information content (AvgIpc) is 3.49. The molecule has 82 heavy (non-hydrogen) atoms. The molecular formula is C77H130O5. The van der Waals surface area contributed by atoms with Crippen molar-refractivity contribution in [3.8, 4) is 0 Å². The third kappa shape index (κ3) is 68.5. The molecule has 0 saturated carbocycles. The van der Waals surface area contributed by atoms with Crippen LogP contribution < -0.4 is 0 Å². The van der Waals surface area contributed by atoms with E-state index in [1.165, 1.54) is 180 Å². The van der Waals surface area contributed by atoms with E-state index in [-0.39, 0.29) is 25.2 Å². The fraction of sp³-hybridized carbons (Fsp3) is 0.688. The second kappa shape index (κ2) is 71.3. The zero-order valence-electron chi connectivity index (χ0n) is 53.7. The first-order chi connectivity index (χ1) is 40.6. The van der Waals surface area contributed by atoms with Gasteiger partial charge in [-0.25, -0.2) is 0 Å². The zero-order valence-corrected chi connectivity index (χ0v) is 53.7. The number of esters is 2. The van der Waals surface area contributed by atoms with Crippen molar-refractivity contribution < 1.29 is 24.2 Å². The predicted octanol–water partition coefficient (Wildman–Crippen LogP) is 24.3. The lowest BCUT2D eigenvalue weighted by Gasteiger charge is -2.15. The molecule has 0 aliphatic heterocycles. The molecule has 0 aromatic rings. The summed E-state index contributed by atoms with van der Waals surface area (Å²) in [6.45, 7) is 4.01. The summed E-state index contributed by atoms with van der Waals surface area (Å²) >= 11 is 0. The number of carbonyl (C=O) groups is 2. The summed E-state index contributed by atoms with van der Waals surface area (Å²) in [5, 5.41) is 9.69. The van der Waals surface area contributed by atoms with Gasteiger partial charge in [-0.2, -0.15) is 0 Å². The Morgan fingerprint density at radius 1 is 0.293 bits per heavy atom. The van der Waals surface area contributed by atoms with Gasteiger partial charge in [-0.05, 0) is 116 Å². The number of aliphatic hydroxyl groups excluding tert-OH is 1. The first kappa shape index (κ1) is 78.0. The Bertz CT molecular complexity index is 1670. The molecule has 1 N–H and O–H groups in total. The molecule has 1 atom stereocenters. The van der Waals surface area contributed by atoms with Crippen molar-refractivity contribution in [3.63, 3.8) is 0 Å². The lowest BCUT2D eigenvalue weighted by Crippen LogP contribution is -2.28. The van der Waals surface area contributed by atoms with Gasteiger partial charge < -0.3 is 14.6 Å². The van der Waals surface area contributed by atoms with Crippen molar-refractivity contribution in [1.29, 1.82) is 0 Å². The maximum absolute atomic E-state index is 12.3. The lowest BCUT2D eigenvalue weighted by atomic mass is 10.0. The molecule has 0 rings (SSSR count). The minimum Gasteiger partial charge on any atom is -0.462 e. The van der Waals surface area contributed by atoms with Crippen LogP contribution in [-0.2, 0) is 19.1 Å². The fourth-order valence-corrected chi connectivity index (χ4v) is 9.76. The van der Waals surface area contributed by atoms with Gasteiger partial charge in [0.05, 0.1) is 6.61 Å². The third-order valence-corrected chi connectivity index (χ3v) is 14.9. The highest BCUT2D eigenvalue weighted by molar-refractivity contribution is 5.70. The second-order valence-electron chi connectivity index (χ2n) is 22.9. The lowest BCUT2D eigenvalue weighted by molar-refractivity contribution is -0.161. The van der Waals surface area contributed by atoms with Gasteiger partial charge in [0.1, 0.15) is 6.61 Å². The number of hydrogen-bond donors (Lipinski definition) is 1. The maximum atomic E-state index is 12.3. The number of rotatable bonds is 63. The molecule has 0 spiro atoms. The van der Waals surface area contributed by atoms with Crippen molar-refractivity contribution in [2.75, 3.05) is 13.2 Å². The quantitative estimate of drug-likeness (QED) is 0.0373. The summed E-state index contributed by atoms with van der Waals surface area (Å²) in [4.78, 5) is 24.6. The van der Waals surface area contributed by atoms with Crippen LogP contribution in [0.4, 0.5) is 0 Å². The van der Waals surface area contributed by atoms with E-state index in [2.05, 4.69) is 148 Å². The standard InChI is InChI=1S/C77H130O5/c1-3-5-7-9-11-13-15-17-19-21-23-25-27-29-31-33-34-35-36-37-38-39-40-41-42-44-45-47-49-51-53-55-57-59-61-63-65-67-69-71-76(79)81-74-75(73-78)82-77(80)72-70-68-66-64-62-60-58-56-54-52-50-48-46-43-32-30-28-26-24-22-20-18-16-14-12-10-8-6-4-2/h6,8,12,14-15,17-18,20-21,23-24,26-27,29-30,32,46,48,52,54,58,60,75,78H,3-5,7,9-11,13,16,19,22,25,28,31,33-45,47,49-51,53,55-57,59,61-74H2,1-2H3/b8-6-,14-12-,17-15-,20-18-,23-21-,26-24-,29-27-,32-30-,48-46-,54-52-,60-58-. The molecule has 0 aromatic carbocycles. The highest BCUT2D eigenvalue weighted by Gasteiger charge is 2.16. The van der Waals surface area contributed by atoms with E-state index in [0.717, 1.165) is 116 Å². The van der Waals surface area contributed by atoms with Crippen LogP contribution in [0.25, 0.3) is 0 Å². The minimum atomic E-state index is -0.795. The molecule has 0 bridgehead atoms. The molecule has 5 nitrogen and oxygen atoms in total. The zero-order chi connectivity index (χ0) is 59.1. The predicted molar refractivity (Wildman–Crippen MR) is 361 cm³/mol. The van der Waals surface area contributed by atoms with Gasteiger partial charge in [0.2, 0.25) is 0 Å². The molecule has 0 amide bonds. The molecule has 0 radical (unpaired) electrons. The van der Waals surface area contributed by atoms with Crippen molar-refractivity contribution in [2.24, 2.45) is 0 Å². The molecule has 0 aromatic heterocycles. The van der Waals surface area contributed by atoms with E-state index in [4.69, 9.17) is 9.47 Å². The SMILES string of the molecule is CC/C=C\C/C=C\C/C=C\C/C=C\C/C=C\C/C=C\C/C=C\C/C=C\CCCCCCC(=O)OC(CO)COC(=O)CCCCCCCCCCCCCCCCCCCCCCCCCC/C=C\C/C=C\C/C=C\CCCCCCC. The van der Waals surface area contributed by atoms with Crippen molar-refractivity contribution in [2.45, 2.75) is 328 Å². The van der Waals surface area contributed by atoms with Gasteiger partial charge in [-0.15, -0.1) is 0 Å². The summed E-state index contributed by atoms with van der Waals surface area (Å²) in [5.41, 5.74) is 0. The van der Waals surface area contributed by atoms with Crippen LogP contribution in [-0.4, -0.2) is 36.4 Å². The van der Waals surface area contributed by atoms with Gasteiger partial charge in [-0.3, -0.25) is 9.59 Å². The monoisotopic (exact) mass is 1130 g/mol. The van der Waals surface area contributed by atoms with Gasteiger partial charge in [-0.1, -0.05) is 327 Å². The summed E-state index contributed by atoms with van der Waals surface area (Å²) < 4.78 is 10.7. The van der Waals surface area contributed by atoms with Gasteiger partial charge in [0.15, 0.2) is 6.10 Å². The smallest absolute Gasteiger partial charge is 0.306 e. The number of hydrogen-bond acceptors (Lipinski definition) is 5. The molecule has 0 aliphatic carbocycles. The van der Waals surface area contributed by atoms with Crippen LogP contribution in [0.2, 0.25) is 0 Å². The van der Waals surface area contributed by atoms with Gasteiger partial charge >= 0.3 is 11.9 Å². The fourth-order valence-electron chi connectivity index (χ4n) is 9.76. The Morgan fingerprint density at radius 2 is 0.524 bits per heavy atom. The van der Waals surface area contributed by atoms with Crippen molar-refractivity contribution in [3.05, 3.63) is 134 Å². The summed E-state index contributed by atoms with van der Waals surface area (Å²) in [6, 6.07) is 0. The van der Waals surface area contributed by atoms with E-state index in [9.17, 15) is 14.7 Å². The van der Waals surface area contributed by atoms with Crippen LogP contribution in [0.3, 0.4) is 0 Å². The topological polar surface area (TPSA) is 72.8 Å². The molecule has 0 aliphatic rings. The van der Waals surface area contributed by atoms with Crippen LogP contribution in [0, 0.1) is 0 Å². The second-order valence-corrected chi connectivity index (χ2v) is 22.9. The van der Waals surface area contributed by atoms with Crippen molar-refractivity contribution >= 4 is 11.9 Å². The largest absolute Gasteiger partial charge is 0.462 e. The first-order valence-corrected chi connectivity index (χ1v) is 34.7. The molecule has 0 heterocycles. The summed E-state index contributed by atoms with van der Waals surface area (Å²) in [5.74, 6) is -0.617. The highest BCUT2D eigenvalue weighted by atomic mass is 16.6. The number of allylic oxidation sites excluding steroid dienone is 22. The van der Waals surface area contributed by atoms with Crippen LogP contribution in [0.1, 0.15) is 322 Å². The molecule has 1 unspecified atom stereocenters. The average molecular weight is 1140 g/mol. The summed E-state index contributed by atoms with van der Waals surface area (Å²) in [7, 11) is 0. The van der Waals surface area contributed by atoms with Crippen LogP contribution in [0.5, 0.6) is 0 Å². The van der Waals surface area contributed by atoms with E-state index in [1.54, 1.807) is 0 Å². The Morgan fingerprint density at radius 3 is 0.793 bits per heavy atom. The first-order valence-electron chi connectivity index (χ1n) is 34.7. The maximum Gasteiger partial charge on any atom is 0.306 e. The Hall–Kier alpha value is -3.96. The molecule has 0 fully saturated rings. The van der Waals surface area contributed by atoms with E-state index in [0.29, 0.717) is 12.8 Å². The summed E-state index contributed by atoms with van der Waals surface area (Å²) in [6.07, 6.45) is 106. The van der Waals surface area contributed by atoms with E-state index in [1.807, 2.05) is 0 Å². The van der Waals surface area contributed by atoms with E-state index < -0.39 is 6.10 Å². The molecule has 468 valence electrons. The minimum absolute atomic E-state index is 0.0812. The van der Waals surface area contributed by atoms with Crippen LogP contribution >= 0.6 is 0 Å². The number of ether oxygens (including phenoxy) is 2. The third-order valence-electron chi connectivity index (χ3n) is 14.9. The Kier molecular flexibility index (Phi) is 67.9. The van der Waals surface area contributed by atoms with Gasteiger partial charge in [0.25, 0.3) is 0 Å². The molecule has 0 saturated heterocycles. The van der Waals surface area contributed by atoms with E-state index >= 15 is 0 Å². The van der Waals surface area contributed by atoms with Crippen molar-refractivity contribution in [1.82, 2.24) is 0 Å². The number of carbonyl (C=O) groups excluding carboxylic acids is 2. The highest BCUT2D eigenvalue weighted by Crippen LogP contribution is 2.17. The van der Waals surface area contributed by atoms with Crippen LogP contribution in [0.15, 0.2) is 134 Å². The Balaban J connectivity index is 3.50. The molecular weight excluding hydrogens is 1000 g/mol.